The van der Waals surface area contributed by atoms with E-state index in [1.807, 2.05) is 37.3 Å². The molecule has 1 aromatic rings. The van der Waals surface area contributed by atoms with Crippen LogP contribution in [0.3, 0.4) is 0 Å². The highest BCUT2D eigenvalue weighted by Gasteiger charge is 2.15. The largest absolute Gasteiger partial charge is 0.379 e. The summed E-state index contributed by atoms with van der Waals surface area (Å²) in [6.07, 6.45) is 2.09. The number of hydrogen-bond donors (Lipinski definition) is 3. The number of nitrogens with zero attached hydrogens (tertiary/aromatic N) is 1. The van der Waals surface area contributed by atoms with Gasteiger partial charge in [0.1, 0.15) is 6.54 Å². The summed E-state index contributed by atoms with van der Waals surface area (Å²) in [5.41, 5.74) is 0.772. The predicted molar refractivity (Wildman–Crippen MR) is 114 cm³/mol. The van der Waals surface area contributed by atoms with E-state index in [4.69, 9.17) is 9.47 Å². The van der Waals surface area contributed by atoms with Crippen molar-refractivity contribution >= 4 is 41.5 Å². The number of hydrogen-bond acceptors (Lipinski definition) is 4. The summed E-state index contributed by atoms with van der Waals surface area (Å²) >= 11 is 0. The van der Waals surface area contributed by atoms with Crippen molar-refractivity contribution < 1.29 is 14.3 Å². The zero-order valence-electron chi connectivity index (χ0n) is 15.2. The van der Waals surface area contributed by atoms with Gasteiger partial charge in [-0.25, -0.2) is 4.99 Å². The lowest BCUT2D eigenvalue weighted by Crippen LogP contribution is -2.38. The zero-order valence-corrected chi connectivity index (χ0v) is 17.5. The van der Waals surface area contributed by atoms with E-state index in [1.54, 1.807) is 0 Å². The average molecular weight is 476 g/mol. The molecule has 1 saturated heterocycles. The summed E-state index contributed by atoms with van der Waals surface area (Å²) in [6, 6.07) is 9.36. The molecule has 1 fully saturated rings. The summed E-state index contributed by atoms with van der Waals surface area (Å²) in [7, 11) is 0. The highest BCUT2D eigenvalue weighted by atomic mass is 127. The van der Waals surface area contributed by atoms with Crippen molar-refractivity contribution in [2.45, 2.75) is 25.9 Å². The quantitative estimate of drug-likeness (QED) is 0.220. The number of amides is 1. The second-order valence-corrected chi connectivity index (χ2v) is 5.75. The Morgan fingerprint density at radius 2 is 2.12 bits per heavy atom. The Morgan fingerprint density at radius 1 is 1.31 bits per heavy atom. The van der Waals surface area contributed by atoms with Gasteiger partial charge in [0.05, 0.1) is 12.7 Å². The van der Waals surface area contributed by atoms with Crippen LogP contribution in [0.1, 0.15) is 19.8 Å². The summed E-state index contributed by atoms with van der Waals surface area (Å²) < 4.78 is 11.0. The number of nitrogens with one attached hydrogen (secondary N) is 3. The molecule has 1 atom stereocenters. The van der Waals surface area contributed by atoms with Gasteiger partial charge in [0.2, 0.25) is 5.91 Å². The van der Waals surface area contributed by atoms with E-state index in [2.05, 4.69) is 20.9 Å². The van der Waals surface area contributed by atoms with E-state index in [0.717, 1.165) is 38.2 Å². The number of carbonyl (C=O) groups is 1. The van der Waals surface area contributed by atoms with E-state index < -0.39 is 0 Å². The maximum absolute atomic E-state index is 11.9. The van der Waals surface area contributed by atoms with Gasteiger partial charge in [-0.3, -0.25) is 4.79 Å². The second kappa shape index (κ2) is 13.8. The molecule has 1 aromatic carbocycles. The molecule has 1 aliphatic rings. The molecular formula is C18H29IN4O3. The maximum atomic E-state index is 11.9. The van der Waals surface area contributed by atoms with E-state index >= 15 is 0 Å². The monoisotopic (exact) mass is 476 g/mol. The fraction of sp³-hybridized carbons (Fsp3) is 0.556. The molecule has 0 aromatic heterocycles. The molecule has 0 saturated carbocycles. The molecule has 0 radical (unpaired) electrons. The number of benzene rings is 1. The van der Waals surface area contributed by atoms with Crippen molar-refractivity contribution in [2.24, 2.45) is 4.99 Å². The first-order valence-electron chi connectivity index (χ1n) is 8.84. The Morgan fingerprint density at radius 3 is 2.81 bits per heavy atom. The molecule has 1 aliphatic heterocycles. The van der Waals surface area contributed by atoms with Gasteiger partial charge < -0.3 is 25.4 Å². The van der Waals surface area contributed by atoms with E-state index in [0.29, 0.717) is 19.2 Å². The number of halogens is 1. The van der Waals surface area contributed by atoms with Crippen molar-refractivity contribution in [3.8, 4) is 0 Å². The Balaban J connectivity index is 0.00000338. The maximum Gasteiger partial charge on any atom is 0.246 e. The Kier molecular flexibility index (Phi) is 12.0. The normalized spacial score (nSPS) is 16.7. The third-order valence-electron chi connectivity index (χ3n) is 3.64. The SMILES string of the molecule is CCNC(=NCC(=O)Nc1ccccc1)NCCCOC1CCOC1.I. The number of para-hydroxylation sites is 1. The van der Waals surface area contributed by atoms with Gasteiger partial charge >= 0.3 is 0 Å². The van der Waals surface area contributed by atoms with Crippen molar-refractivity contribution in [1.29, 1.82) is 0 Å². The van der Waals surface area contributed by atoms with Gasteiger partial charge in [-0.05, 0) is 31.9 Å². The molecule has 1 unspecified atom stereocenters. The number of carbonyl (C=O) groups excluding carboxylic acids is 1. The zero-order chi connectivity index (χ0) is 17.7. The fourth-order valence-corrected chi connectivity index (χ4v) is 2.39. The van der Waals surface area contributed by atoms with Crippen molar-refractivity contribution in [2.75, 3.05) is 44.8 Å². The number of aliphatic imine (C=N–C) groups is 1. The number of guanidine groups is 1. The Labute approximate surface area is 172 Å². The molecule has 26 heavy (non-hydrogen) atoms. The van der Waals surface area contributed by atoms with Crippen LogP contribution in [0.4, 0.5) is 5.69 Å². The van der Waals surface area contributed by atoms with E-state index in [-0.39, 0.29) is 42.5 Å². The number of anilines is 1. The topological polar surface area (TPSA) is 84.0 Å². The highest BCUT2D eigenvalue weighted by Crippen LogP contribution is 2.08. The van der Waals surface area contributed by atoms with Gasteiger partial charge in [-0.1, -0.05) is 18.2 Å². The van der Waals surface area contributed by atoms with Gasteiger partial charge in [0.25, 0.3) is 0 Å². The van der Waals surface area contributed by atoms with Crippen LogP contribution in [0.5, 0.6) is 0 Å². The lowest BCUT2D eigenvalue weighted by atomic mass is 10.3. The van der Waals surface area contributed by atoms with E-state index in [1.165, 1.54) is 0 Å². The number of rotatable bonds is 9. The van der Waals surface area contributed by atoms with Crippen LogP contribution in [0.25, 0.3) is 0 Å². The van der Waals surface area contributed by atoms with E-state index in [9.17, 15) is 4.79 Å². The summed E-state index contributed by atoms with van der Waals surface area (Å²) in [4.78, 5) is 16.2. The Hall–Kier alpha value is -1.39. The van der Waals surface area contributed by atoms with Crippen LogP contribution in [0.15, 0.2) is 35.3 Å². The molecule has 1 amide bonds. The second-order valence-electron chi connectivity index (χ2n) is 5.75. The first kappa shape index (κ1) is 22.7. The molecule has 146 valence electrons. The molecule has 0 aliphatic carbocycles. The molecular weight excluding hydrogens is 447 g/mol. The van der Waals surface area contributed by atoms with Gasteiger partial charge in [0, 0.05) is 32.0 Å². The van der Waals surface area contributed by atoms with Gasteiger partial charge in [-0.15, -0.1) is 24.0 Å². The van der Waals surface area contributed by atoms with Crippen molar-refractivity contribution in [1.82, 2.24) is 10.6 Å². The summed E-state index contributed by atoms with van der Waals surface area (Å²) in [6.45, 7) is 5.72. The fourth-order valence-electron chi connectivity index (χ4n) is 2.39. The van der Waals surface area contributed by atoms with Crippen LogP contribution in [0, 0.1) is 0 Å². The minimum Gasteiger partial charge on any atom is -0.379 e. The smallest absolute Gasteiger partial charge is 0.246 e. The summed E-state index contributed by atoms with van der Waals surface area (Å²) in [5.74, 6) is 0.489. The molecule has 8 heteroatoms. The minimum atomic E-state index is -0.145. The predicted octanol–water partition coefficient (Wildman–Crippen LogP) is 1.99. The molecule has 7 nitrogen and oxygen atoms in total. The lowest BCUT2D eigenvalue weighted by Gasteiger charge is -2.13. The van der Waals surface area contributed by atoms with Crippen LogP contribution >= 0.6 is 24.0 Å². The van der Waals surface area contributed by atoms with Gasteiger partial charge in [-0.2, -0.15) is 0 Å². The lowest BCUT2D eigenvalue weighted by molar-refractivity contribution is -0.114. The third-order valence-corrected chi connectivity index (χ3v) is 3.64. The third kappa shape index (κ3) is 9.35. The highest BCUT2D eigenvalue weighted by molar-refractivity contribution is 14.0. The van der Waals surface area contributed by atoms with Crippen molar-refractivity contribution in [3.63, 3.8) is 0 Å². The standard InChI is InChI=1S/C18H28N4O3.HI/c1-2-19-18(20-10-6-11-25-16-9-12-24-14-16)21-13-17(23)22-15-7-4-3-5-8-15;/h3-5,7-8,16H,2,6,9-14H2,1H3,(H,22,23)(H2,19,20,21);1H. The van der Waals surface area contributed by atoms with Crippen LogP contribution in [-0.2, 0) is 14.3 Å². The molecule has 0 spiro atoms. The minimum absolute atomic E-state index is 0. The number of ether oxygens (including phenoxy) is 2. The molecule has 3 N–H and O–H groups in total. The summed E-state index contributed by atoms with van der Waals surface area (Å²) in [5, 5.41) is 9.16. The van der Waals surface area contributed by atoms with Crippen molar-refractivity contribution in [3.05, 3.63) is 30.3 Å². The average Bonchev–Trinajstić information content (AvgIpc) is 3.13. The Bertz CT molecular complexity index is 536. The first-order chi connectivity index (χ1) is 12.3. The van der Waals surface area contributed by atoms with Crippen LogP contribution < -0.4 is 16.0 Å². The van der Waals surface area contributed by atoms with Gasteiger partial charge in [0.15, 0.2) is 5.96 Å². The molecule has 1 heterocycles. The molecule has 0 bridgehead atoms. The molecule has 2 rings (SSSR count). The van der Waals surface area contributed by atoms with Crippen LogP contribution in [0.2, 0.25) is 0 Å². The van der Waals surface area contributed by atoms with Crippen LogP contribution in [-0.4, -0.2) is 57.4 Å². The first-order valence-corrected chi connectivity index (χ1v) is 8.84.